The first-order valence-electron chi connectivity index (χ1n) is 9.14. The summed E-state index contributed by atoms with van der Waals surface area (Å²) in [5.41, 5.74) is 4.19. The van der Waals surface area contributed by atoms with Crippen molar-refractivity contribution >= 4 is 27.6 Å². The molecule has 2 aromatic carbocycles. The maximum Gasteiger partial charge on any atom is 0.322 e. The van der Waals surface area contributed by atoms with E-state index in [0.29, 0.717) is 6.54 Å². The van der Waals surface area contributed by atoms with Crippen LogP contribution in [-0.4, -0.2) is 15.5 Å². The standard InChI is InChI=1S/C22H22BrN3O/c1-15(2)21-20-12-7-13-25(20)19-11-6-3-8-16(19)14-26(21)22(27)24-18-10-5-4-9-17(18)23/h3-13,15,21H,14H2,1-2H3,(H,24,27). The molecule has 1 aromatic heterocycles. The summed E-state index contributed by atoms with van der Waals surface area (Å²) in [6.45, 7) is 4.89. The topological polar surface area (TPSA) is 37.3 Å². The van der Waals surface area contributed by atoms with Crippen LogP contribution in [-0.2, 0) is 6.54 Å². The summed E-state index contributed by atoms with van der Waals surface area (Å²) in [5, 5.41) is 3.08. The number of aromatic nitrogens is 1. The Kier molecular flexibility index (Phi) is 4.79. The van der Waals surface area contributed by atoms with Crippen LogP contribution >= 0.6 is 15.9 Å². The zero-order valence-corrected chi connectivity index (χ0v) is 17.0. The second-order valence-electron chi connectivity index (χ2n) is 7.16. The molecule has 1 aliphatic rings. The zero-order chi connectivity index (χ0) is 19.0. The van der Waals surface area contributed by atoms with Crippen molar-refractivity contribution in [1.29, 1.82) is 0 Å². The van der Waals surface area contributed by atoms with Crippen LogP contribution in [0.25, 0.3) is 5.69 Å². The van der Waals surface area contributed by atoms with Crippen LogP contribution in [0.15, 0.2) is 71.3 Å². The second kappa shape index (κ2) is 7.24. The van der Waals surface area contributed by atoms with E-state index in [1.165, 1.54) is 0 Å². The van der Waals surface area contributed by atoms with E-state index in [0.717, 1.165) is 27.1 Å². The minimum absolute atomic E-state index is 0.0186. The number of carbonyl (C=O) groups is 1. The Labute approximate surface area is 167 Å². The maximum absolute atomic E-state index is 13.3. The molecule has 2 heterocycles. The van der Waals surface area contributed by atoms with Crippen LogP contribution in [0.3, 0.4) is 0 Å². The van der Waals surface area contributed by atoms with Crippen molar-refractivity contribution in [1.82, 2.24) is 9.47 Å². The summed E-state index contributed by atoms with van der Waals surface area (Å²) in [6.07, 6.45) is 2.08. The van der Waals surface area contributed by atoms with Crippen LogP contribution in [0.1, 0.15) is 31.1 Å². The van der Waals surface area contributed by atoms with Gasteiger partial charge in [0.2, 0.25) is 0 Å². The van der Waals surface area contributed by atoms with Crippen molar-refractivity contribution in [3.05, 3.63) is 82.6 Å². The molecule has 1 atom stereocenters. The van der Waals surface area contributed by atoms with Crippen molar-refractivity contribution in [3.8, 4) is 5.69 Å². The lowest BCUT2D eigenvalue weighted by Crippen LogP contribution is -2.39. The van der Waals surface area contributed by atoms with Gasteiger partial charge in [-0.25, -0.2) is 4.79 Å². The molecule has 4 rings (SSSR count). The average molecular weight is 424 g/mol. The van der Waals surface area contributed by atoms with Crippen molar-refractivity contribution < 1.29 is 4.79 Å². The van der Waals surface area contributed by atoms with E-state index in [4.69, 9.17) is 0 Å². The highest BCUT2D eigenvalue weighted by molar-refractivity contribution is 9.10. The van der Waals surface area contributed by atoms with Crippen LogP contribution in [0, 0.1) is 5.92 Å². The zero-order valence-electron chi connectivity index (χ0n) is 15.4. The van der Waals surface area contributed by atoms with Crippen molar-refractivity contribution in [2.75, 3.05) is 5.32 Å². The summed E-state index contributed by atoms with van der Waals surface area (Å²) in [6, 6.07) is 20.0. The monoisotopic (exact) mass is 423 g/mol. The number of benzene rings is 2. The lowest BCUT2D eigenvalue weighted by Gasteiger charge is -2.33. The molecule has 0 radical (unpaired) electrons. The summed E-state index contributed by atoms with van der Waals surface area (Å²) in [4.78, 5) is 15.3. The fourth-order valence-electron chi connectivity index (χ4n) is 3.82. The third-order valence-corrected chi connectivity index (χ3v) is 5.71. The van der Waals surface area contributed by atoms with Gasteiger partial charge in [0.15, 0.2) is 0 Å². The number of halogens is 1. The van der Waals surface area contributed by atoms with Crippen LogP contribution < -0.4 is 5.32 Å². The molecule has 1 aliphatic heterocycles. The highest BCUT2D eigenvalue weighted by Gasteiger charge is 2.33. The Morgan fingerprint density at radius 3 is 2.59 bits per heavy atom. The summed E-state index contributed by atoms with van der Waals surface area (Å²) in [5.74, 6) is 0.276. The Morgan fingerprint density at radius 2 is 1.81 bits per heavy atom. The number of hydrogen-bond donors (Lipinski definition) is 1. The predicted octanol–water partition coefficient (Wildman–Crippen LogP) is 5.98. The normalized spacial score (nSPS) is 15.9. The van der Waals surface area contributed by atoms with Crippen molar-refractivity contribution in [2.45, 2.75) is 26.4 Å². The first-order chi connectivity index (χ1) is 13.1. The second-order valence-corrected chi connectivity index (χ2v) is 8.01. The van der Waals surface area contributed by atoms with Crippen LogP contribution in [0.4, 0.5) is 10.5 Å². The average Bonchev–Trinajstić information content (AvgIpc) is 3.07. The number of anilines is 1. The summed E-state index contributed by atoms with van der Waals surface area (Å²) < 4.78 is 3.09. The number of nitrogens with one attached hydrogen (secondary N) is 1. The van der Waals surface area contributed by atoms with Gasteiger partial charge in [-0.2, -0.15) is 0 Å². The molecule has 1 N–H and O–H groups in total. The van der Waals surface area contributed by atoms with Gasteiger partial charge >= 0.3 is 6.03 Å². The van der Waals surface area contributed by atoms with Crippen LogP contribution in [0.5, 0.6) is 0 Å². The number of hydrogen-bond acceptors (Lipinski definition) is 1. The SMILES string of the molecule is CC(C)C1c2cccn2-c2ccccc2CN1C(=O)Nc1ccccc1Br. The minimum atomic E-state index is -0.0925. The van der Waals surface area contributed by atoms with Crippen molar-refractivity contribution in [3.63, 3.8) is 0 Å². The molecular weight excluding hydrogens is 402 g/mol. The van der Waals surface area contributed by atoms with E-state index in [9.17, 15) is 4.79 Å². The van der Waals surface area contributed by atoms with E-state index in [2.05, 4.69) is 70.1 Å². The molecule has 0 bridgehead atoms. The molecule has 0 saturated heterocycles. The van der Waals surface area contributed by atoms with Crippen LogP contribution in [0.2, 0.25) is 0 Å². The predicted molar refractivity (Wildman–Crippen MR) is 112 cm³/mol. The molecule has 138 valence electrons. The van der Waals surface area contributed by atoms with Gasteiger partial charge < -0.3 is 14.8 Å². The Hall–Kier alpha value is -2.53. The van der Waals surface area contributed by atoms with E-state index in [-0.39, 0.29) is 18.0 Å². The van der Waals surface area contributed by atoms with Gasteiger partial charge in [-0.05, 0) is 57.7 Å². The molecule has 3 aromatic rings. The Bertz CT molecular complexity index is 979. The third-order valence-electron chi connectivity index (χ3n) is 5.02. The van der Waals surface area contributed by atoms with Gasteiger partial charge in [-0.15, -0.1) is 0 Å². The number of urea groups is 1. The Balaban J connectivity index is 1.77. The molecule has 0 aliphatic carbocycles. The molecule has 4 nitrogen and oxygen atoms in total. The fourth-order valence-corrected chi connectivity index (χ4v) is 4.21. The third kappa shape index (κ3) is 3.28. The van der Waals surface area contributed by atoms with Crippen molar-refractivity contribution in [2.24, 2.45) is 5.92 Å². The molecule has 27 heavy (non-hydrogen) atoms. The molecule has 1 unspecified atom stereocenters. The largest absolute Gasteiger partial charge is 0.322 e. The first kappa shape index (κ1) is 17.9. The molecule has 0 fully saturated rings. The van der Waals surface area contributed by atoms with E-state index >= 15 is 0 Å². The summed E-state index contributed by atoms with van der Waals surface area (Å²) in [7, 11) is 0. The molecule has 0 saturated carbocycles. The highest BCUT2D eigenvalue weighted by atomic mass is 79.9. The van der Waals surface area contributed by atoms with Gasteiger partial charge in [0, 0.05) is 16.4 Å². The van der Waals surface area contributed by atoms with E-state index in [1.54, 1.807) is 0 Å². The molecule has 5 heteroatoms. The minimum Gasteiger partial charge on any atom is -0.318 e. The van der Waals surface area contributed by atoms with E-state index < -0.39 is 0 Å². The fraction of sp³-hybridized carbons (Fsp3) is 0.227. The van der Waals surface area contributed by atoms with E-state index in [1.807, 2.05) is 41.3 Å². The van der Waals surface area contributed by atoms with Gasteiger partial charge in [0.1, 0.15) is 0 Å². The molecular formula is C22H22BrN3O. The number of carbonyl (C=O) groups excluding carboxylic acids is 1. The van der Waals surface area contributed by atoms with Gasteiger partial charge in [0.05, 0.1) is 24.0 Å². The Morgan fingerprint density at radius 1 is 1.07 bits per heavy atom. The number of nitrogens with zero attached hydrogens (tertiary/aromatic N) is 2. The lowest BCUT2D eigenvalue weighted by atomic mass is 9.99. The van der Waals surface area contributed by atoms with Gasteiger partial charge in [-0.1, -0.05) is 44.2 Å². The number of para-hydroxylation sites is 2. The number of amides is 2. The first-order valence-corrected chi connectivity index (χ1v) is 9.93. The summed E-state index contributed by atoms with van der Waals surface area (Å²) >= 11 is 3.52. The maximum atomic E-state index is 13.3. The lowest BCUT2D eigenvalue weighted by molar-refractivity contribution is 0.162. The number of rotatable bonds is 2. The van der Waals surface area contributed by atoms with Gasteiger partial charge in [0.25, 0.3) is 0 Å². The quantitative estimate of drug-likeness (QED) is 0.540. The molecule has 2 amide bonds. The van der Waals surface area contributed by atoms with Gasteiger partial charge in [-0.3, -0.25) is 0 Å². The molecule has 0 spiro atoms. The highest BCUT2D eigenvalue weighted by Crippen LogP contribution is 2.37. The smallest absolute Gasteiger partial charge is 0.318 e. The number of fused-ring (bicyclic) bond motifs is 3.